The van der Waals surface area contributed by atoms with Crippen molar-refractivity contribution in [3.8, 4) is 0 Å². The molecule has 84 valence electrons. The van der Waals surface area contributed by atoms with E-state index in [1.54, 1.807) is 0 Å². The van der Waals surface area contributed by atoms with Crippen LogP contribution in [0.1, 0.15) is 45.4 Å². The van der Waals surface area contributed by atoms with Gasteiger partial charge in [0.25, 0.3) is 0 Å². The summed E-state index contributed by atoms with van der Waals surface area (Å²) in [4.78, 5) is 2.63. The van der Waals surface area contributed by atoms with E-state index in [9.17, 15) is 0 Å². The second-order valence-electron chi connectivity index (χ2n) is 4.47. The van der Waals surface area contributed by atoms with Crippen LogP contribution in [-0.4, -0.2) is 30.3 Å². The van der Waals surface area contributed by atoms with Gasteiger partial charge in [-0.2, -0.15) is 12.6 Å². The molecule has 2 heteroatoms. The zero-order chi connectivity index (χ0) is 10.2. The summed E-state index contributed by atoms with van der Waals surface area (Å²) in [7, 11) is 0. The summed E-state index contributed by atoms with van der Waals surface area (Å²) in [5, 5.41) is 0. The number of unbranched alkanes of at least 4 members (excludes halogenated alkanes) is 2. The molecule has 0 atom stereocenters. The van der Waals surface area contributed by atoms with E-state index in [4.69, 9.17) is 0 Å². The monoisotopic (exact) mass is 215 g/mol. The molecule has 0 heterocycles. The molecule has 14 heavy (non-hydrogen) atoms. The number of hydrogen-bond acceptors (Lipinski definition) is 2. The van der Waals surface area contributed by atoms with E-state index in [0.717, 1.165) is 11.7 Å². The molecule has 1 fully saturated rings. The Hall–Kier alpha value is 0.310. The molecule has 1 rings (SSSR count). The van der Waals surface area contributed by atoms with E-state index in [-0.39, 0.29) is 0 Å². The lowest BCUT2D eigenvalue weighted by molar-refractivity contribution is 0.182. The summed E-state index contributed by atoms with van der Waals surface area (Å²) in [6.07, 6.45) is 8.43. The SMILES string of the molecule is CCN(CCCCCS)CC1CCC1. The fourth-order valence-electron chi connectivity index (χ4n) is 2.04. The van der Waals surface area contributed by atoms with E-state index >= 15 is 0 Å². The first-order valence-electron chi connectivity index (χ1n) is 6.20. The normalized spacial score (nSPS) is 17.4. The first kappa shape index (κ1) is 12.4. The van der Waals surface area contributed by atoms with Gasteiger partial charge in [-0.25, -0.2) is 0 Å². The molecule has 1 aliphatic carbocycles. The fourth-order valence-corrected chi connectivity index (χ4v) is 2.27. The second-order valence-corrected chi connectivity index (χ2v) is 4.92. The van der Waals surface area contributed by atoms with Crippen LogP contribution in [0.15, 0.2) is 0 Å². The van der Waals surface area contributed by atoms with Crippen LogP contribution in [0.5, 0.6) is 0 Å². The molecular formula is C12H25NS. The molecule has 0 spiro atoms. The molecule has 0 aromatic rings. The van der Waals surface area contributed by atoms with Crippen LogP contribution in [0, 0.1) is 5.92 Å². The molecular weight excluding hydrogens is 190 g/mol. The van der Waals surface area contributed by atoms with Crippen molar-refractivity contribution in [1.29, 1.82) is 0 Å². The van der Waals surface area contributed by atoms with Crippen molar-refractivity contribution in [1.82, 2.24) is 4.90 Å². The number of thiol groups is 1. The Labute approximate surface area is 94.7 Å². The van der Waals surface area contributed by atoms with Crippen molar-refractivity contribution >= 4 is 12.6 Å². The highest BCUT2D eigenvalue weighted by Gasteiger charge is 2.19. The lowest BCUT2D eigenvalue weighted by Crippen LogP contribution is -2.33. The van der Waals surface area contributed by atoms with Gasteiger partial charge in [0.15, 0.2) is 0 Å². The minimum absolute atomic E-state index is 1.03. The lowest BCUT2D eigenvalue weighted by atomic mass is 9.85. The molecule has 0 saturated heterocycles. The largest absolute Gasteiger partial charge is 0.303 e. The highest BCUT2D eigenvalue weighted by atomic mass is 32.1. The maximum atomic E-state index is 4.23. The zero-order valence-electron chi connectivity index (χ0n) is 9.54. The highest BCUT2D eigenvalue weighted by molar-refractivity contribution is 7.80. The van der Waals surface area contributed by atoms with Crippen LogP contribution >= 0.6 is 12.6 Å². The predicted molar refractivity (Wildman–Crippen MR) is 67.2 cm³/mol. The summed E-state index contributed by atoms with van der Waals surface area (Å²) < 4.78 is 0. The maximum absolute atomic E-state index is 4.23. The van der Waals surface area contributed by atoms with Gasteiger partial charge in [0.05, 0.1) is 0 Å². The lowest BCUT2D eigenvalue weighted by Gasteiger charge is -2.31. The zero-order valence-corrected chi connectivity index (χ0v) is 10.4. The minimum Gasteiger partial charge on any atom is -0.303 e. The standard InChI is InChI=1S/C12H25NS/c1-2-13(9-4-3-5-10-14)11-12-7-6-8-12/h12,14H,2-11H2,1H3. The Bertz CT molecular complexity index is 134. The molecule has 0 N–H and O–H groups in total. The Morgan fingerprint density at radius 2 is 2.00 bits per heavy atom. The van der Waals surface area contributed by atoms with Gasteiger partial charge in [-0.05, 0) is 50.4 Å². The second kappa shape index (κ2) is 7.58. The van der Waals surface area contributed by atoms with Gasteiger partial charge < -0.3 is 4.90 Å². The van der Waals surface area contributed by atoms with Crippen LogP contribution < -0.4 is 0 Å². The highest BCUT2D eigenvalue weighted by Crippen LogP contribution is 2.27. The van der Waals surface area contributed by atoms with Gasteiger partial charge in [0.2, 0.25) is 0 Å². The molecule has 0 aliphatic heterocycles. The average molecular weight is 215 g/mol. The first-order chi connectivity index (χ1) is 6.86. The molecule has 1 nitrogen and oxygen atoms in total. The Balaban J connectivity index is 1.99. The van der Waals surface area contributed by atoms with Crippen molar-refractivity contribution in [3.63, 3.8) is 0 Å². The number of nitrogens with zero attached hydrogens (tertiary/aromatic N) is 1. The van der Waals surface area contributed by atoms with Crippen molar-refractivity contribution in [2.45, 2.75) is 45.4 Å². The van der Waals surface area contributed by atoms with Gasteiger partial charge in [-0.1, -0.05) is 19.8 Å². The van der Waals surface area contributed by atoms with Crippen LogP contribution in [0.3, 0.4) is 0 Å². The summed E-state index contributed by atoms with van der Waals surface area (Å²) in [5.41, 5.74) is 0. The summed E-state index contributed by atoms with van der Waals surface area (Å²) in [5.74, 6) is 2.08. The van der Waals surface area contributed by atoms with Gasteiger partial charge in [-0.3, -0.25) is 0 Å². The summed E-state index contributed by atoms with van der Waals surface area (Å²) >= 11 is 4.23. The van der Waals surface area contributed by atoms with Crippen molar-refractivity contribution < 1.29 is 0 Å². The molecule has 0 unspecified atom stereocenters. The molecule has 1 saturated carbocycles. The first-order valence-corrected chi connectivity index (χ1v) is 6.83. The van der Waals surface area contributed by atoms with Gasteiger partial charge >= 0.3 is 0 Å². The van der Waals surface area contributed by atoms with Gasteiger partial charge in [0, 0.05) is 6.54 Å². The minimum atomic E-state index is 1.03. The molecule has 1 aliphatic rings. The molecule has 0 aromatic carbocycles. The fraction of sp³-hybridized carbons (Fsp3) is 1.00. The third kappa shape index (κ3) is 4.70. The maximum Gasteiger partial charge on any atom is 0.000954 e. The summed E-state index contributed by atoms with van der Waals surface area (Å²) in [6.45, 7) is 6.19. The van der Waals surface area contributed by atoms with Crippen LogP contribution in [0.25, 0.3) is 0 Å². The van der Waals surface area contributed by atoms with Gasteiger partial charge in [-0.15, -0.1) is 0 Å². The summed E-state index contributed by atoms with van der Waals surface area (Å²) in [6, 6.07) is 0. The van der Waals surface area contributed by atoms with Crippen molar-refractivity contribution in [2.75, 3.05) is 25.4 Å². The van der Waals surface area contributed by atoms with E-state index < -0.39 is 0 Å². The number of rotatable bonds is 8. The van der Waals surface area contributed by atoms with Crippen molar-refractivity contribution in [2.24, 2.45) is 5.92 Å². The van der Waals surface area contributed by atoms with E-state index in [0.29, 0.717) is 0 Å². The quantitative estimate of drug-likeness (QED) is 0.481. The predicted octanol–water partition coefficient (Wildman–Crippen LogP) is 3.21. The Morgan fingerprint density at radius 3 is 2.50 bits per heavy atom. The van der Waals surface area contributed by atoms with Crippen LogP contribution in [0.2, 0.25) is 0 Å². The third-order valence-corrected chi connectivity index (χ3v) is 3.64. The van der Waals surface area contributed by atoms with Crippen molar-refractivity contribution in [3.05, 3.63) is 0 Å². The number of hydrogen-bond donors (Lipinski definition) is 1. The van der Waals surface area contributed by atoms with Gasteiger partial charge in [0.1, 0.15) is 0 Å². The van der Waals surface area contributed by atoms with Crippen LogP contribution in [0.4, 0.5) is 0 Å². The molecule has 0 bridgehead atoms. The third-order valence-electron chi connectivity index (χ3n) is 3.32. The van der Waals surface area contributed by atoms with E-state index in [1.165, 1.54) is 58.2 Å². The Morgan fingerprint density at radius 1 is 1.21 bits per heavy atom. The molecule has 0 aromatic heterocycles. The van der Waals surface area contributed by atoms with Crippen LogP contribution in [-0.2, 0) is 0 Å². The molecule has 0 radical (unpaired) electrons. The average Bonchev–Trinajstić information content (AvgIpc) is 2.14. The van der Waals surface area contributed by atoms with E-state index in [1.807, 2.05) is 0 Å². The van der Waals surface area contributed by atoms with E-state index in [2.05, 4.69) is 24.5 Å². The Kier molecular flexibility index (Phi) is 6.70. The smallest absolute Gasteiger partial charge is 0.000954 e. The molecule has 0 amide bonds. The topological polar surface area (TPSA) is 3.24 Å².